The maximum absolute atomic E-state index is 13.0. The van der Waals surface area contributed by atoms with Crippen molar-refractivity contribution in [3.05, 3.63) is 42.5 Å². The maximum Gasteiger partial charge on any atom is 0.262 e. The monoisotopic (exact) mass is 432 g/mol. The molecule has 0 radical (unpaired) electrons. The Bertz CT molecular complexity index is 1050. The standard InChI is InChI=1S/C21H24N2O6S/c1-4-23(15-5-7-16(28-3)8-6-15)21(25)11-14(2)30(26,27)17-9-10-19-18(12-17)22-20(24)13-29-19/h5-10,12,14H,4,11,13H2,1-3H3,(H,22,24)/t14-/m0/s1. The van der Waals surface area contributed by atoms with Crippen molar-refractivity contribution in [3.63, 3.8) is 0 Å². The molecule has 3 rings (SSSR count). The normalized spacial score (nSPS) is 14.2. The number of ether oxygens (including phenoxy) is 2. The number of anilines is 2. The molecule has 0 fully saturated rings. The third-order valence-electron chi connectivity index (χ3n) is 4.91. The second-order valence-electron chi connectivity index (χ2n) is 6.89. The van der Waals surface area contributed by atoms with E-state index in [0.29, 0.717) is 29.4 Å². The van der Waals surface area contributed by atoms with Gasteiger partial charge in [-0.05, 0) is 56.3 Å². The first kappa shape index (κ1) is 21.6. The lowest BCUT2D eigenvalue weighted by molar-refractivity contribution is -0.119. The molecule has 8 nitrogen and oxygen atoms in total. The molecule has 2 amide bonds. The first-order valence-electron chi connectivity index (χ1n) is 9.51. The average Bonchev–Trinajstić information content (AvgIpc) is 2.74. The van der Waals surface area contributed by atoms with E-state index >= 15 is 0 Å². The van der Waals surface area contributed by atoms with Crippen molar-refractivity contribution < 1.29 is 27.5 Å². The van der Waals surface area contributed by atoms with E-state index in [1.807, 2.05) is 6.92 Å². The van der Waals surface area contributed by atoms with Crippen LogP contribution in [0.5, 0.6) is 11.5 Å². The molecule has 0 aromatic heterocycles. The molecule has 1 aliphatic rings. The molecule has 0 saturated heterocycles. The van der Waals surface area contributed by atoms with Gasteiger partial charge < -0.3 is 19.7 Å². The van der Waals surface area contributed by atoms with E-state index in [2.05, 4.69) is 5.32 Å². The molecule has 1 N–H and O–H groups in total. The summed E-state index contributed by atoms with van der Waals surface area (Å²) < 4.78 is 36.4. The number of methoxy groups -OCH3 is 1. The summed E-state index contributed by atoms with van der Waals surface area (Å²) in [5.74, 6) is 0.433. The van der Waals surface area contributed by atoms with Crippen LogP contribution in [0.25, 0.3) is 0 Å². The molecule has 0 bridgehead atoms. The van der Waals surface area contributed by atoms with Crippen LogP contribution < -0.4 is 19.7 Å². The maximum atomic E-state index is 13.0. The summed E-state index contributed by atoms with van der Waals surface area (Å²) in [5, 5.41) is 1.65. The molecule has 0 saturated carbocycles. The minimum absolute atomic E-state index is 0.0276. The van der Waals surface area contributed by atoms with Crippen LogP contribution in [0.4, 0.5) is 11.4 Å². The van der Waals surface area contributed by atoms with Crippen LogP contribution in [-0.2, 0) is 19.4 Å². The lowest BCUT2D eigenvalue weighted by atomic mass is 10.2. The molecular weight excluding hydrogens is 408 g/mol. The molecule has 1 atom stereocenters. The summed E-state index contributed by atoms with van der Waals surface area (Å²) in [7, 11) is -2.24. The third-order valence-corrected chi connectivity index (χ3v) is 7.04. The molecule has 1 aliphatic heterocycles. The van der Waals surface area contributed by atoms with Gasteiger partial charge in [0.2, 0.25) is 5.91 Å². The van der Waals surface area contributed by atoms with E-state index in [1.165, 1.54) is 30.0 Å². The predicted molar refractivity (Wildman–Crippen MR) is 113 cm³/mol. The van der Waals surface area contributed by atoms with Gasteiger partial charge >= 0.3 is 0 Å². The Morgan fingerprint density at radius 1 is 1.23 bits per heavy atom. The summed E-state index contributed by atoms with van der Waals surface area (Å²) in [6.07, 6.45) is -0.178. The van der Waals surface area contributed by atoms with E-state index < -0.39 is 15.1 Å². The number of nitrogens with one attached hydrogen (secondary N) is 1. The van der Waals surface area contributed by atoms with Crippen LogP contribution in [0.3, 0.4) is 0 Å². The van der Waals surface area contributed by atoms with Gasteiger partial charge in [0.05, 0.1) is 22.9 Å². The van der Waals surface area contributed by atoms with Crippen LogP contribution in [0.1, 0.15) is 20.3 Å². The number of benzene rings is 2. The second kappa shape index (κ2) is 8.74. The second-order valence-corrected chi connectivity index (χ2v) is 9.26. The fourth-order valence-corrected chi connectivity index (χ4v) is 4.57. The van der Waals surface area contributed by atoms with Gasteiger partial charge in [-0.3, -0.25) is 9.59 Å². The lowest BCUT2D eigenvalue weighted by Gasteiger charge is -2.23. The summed E-state index contributed by atoms with van der Waals surface area (Å²) in [5.41, 5.74) is 0.973. The Balaban J connectivity index is 1.77. The summed E-state index contributed by atoms with van der Waals surface area (Å²) in [4.78, 5) is 25.9. The zero-order valence-corrected chi connectivity index (χ0v) is 17.9. The first-order chi connectivity index (χ1) is 14.3. The van der Waals surface area contributed by atoms with Crippen molar-refractivity contribution >= 4 is 33.0 Å². The lowest BCUT2D eigenvalue weighted by Crippen LogP contribution is -2.34. The molecule has 2 aromatic rings. The number of sulfone groups is 1. The number of fused-ring (bicyclic) bond motifs is 1. The van der Waals surface area contributed by atoms with Crippen LogP contribution in [0, 0.1) is 0 Å². The van der Waals surface area contributed by atoms with Crippen molar-refractivity contribution in [2.45, 2.75) is 30.4 Å². The minimum Gasteiger partial charge on any atom is -0.497 e. The van der Waals surface area contributed by atoms with Crippen LogP contribution in [-0.4, -0.2) is 45.7 Å². The Morgan fingerprint density at radius 2 is 1.93 bits per heavy atom. The molecule has 160 valence electrons. The molecule has 0 spiro atoms. The third kappa shape index (κ3) is 4.40. The van der Waals surface area contributed by atoms with E-state index in [9.17, 15) is 18.0 Å². The highest BCUT2D eigenvalue weighted by Crippen LogP contribution is 2.32. The largest absolute Gasteiger partial charge is 0.497 e. The van der Waals surface area contributed by atoms with Gasteiger partial charge in [-0.2, -0.15) is 0 Å². The number of rotatable bonds is 7. The Hall–Kier alpha value is -3.07. The van der Waals surface area contributed by atoms with E-state index in [-0.39, 0.29) is 29.7 Å². The number of nitrogens with zero attached hydrogens (tertiary/aromatic N) is 1. The summed E-state index contributed by atoms with van der Waals surface area (Å²) in [6.45, 7) is 3.62. The smallest absolute Gasteiger partial charge is 0.262 e. The van der Waals surface area contributed by atoms with Crippen LogP contribution >= 0.6 is 0 Å². The number of carbonyl (C=O) groups is 2. The molecule has 30 heavy (non-hydrogen) atoms. The zero-order valence-electron chi connectivity index (χ0n) is 17.0. The predicted octanol–water partition coefficient (Wildman–Crippen LogP) is 2.63. The minimum atomic E-state index is -3.79. The number of hydrogen-bond donors (Lipinski definition) is 1. The fourth-order valence-electron chi connectivity index (χ4n) is 3.20. The number of hydrogen-bond acceptors (Lipinski definition) is 6. The van der Waals surface area contributed by atoms with Gasteiger partial charge in [-0.25, -0.2) is 8.42 Å². The van der Waals surface area contributed by atoms with Crippen LogP contribution in [0.2, 0.25) is 0 Å². The van der Waals surface area contributed by atoms with Crippen LogP contribution in [0.15, 0.2) is 47.4 Å². The highest BCUT2D eigenvalue weighted by atomic mass is 32.2. The van der Waals surface area contributed by atoms with Gasteiger partial charge in [-0.1, -0.05) is 0 Å². The molecule has 0 unspecified atom stereocenters. The molecule has 9 heteroatoms. The Labute approximate surface area is 175 Å². The Kier molecular flexibility index (Phi) is 6.31. The Morgan fingerprint density at radius 3 is 2.57 bits per heavy atom. The quantitative estimate of drug-likeness (QED) is 0.722. The number of amides is 2. The van der Waals surface area contributed by atoms with Crippen molar-refractivity contribution in [2.75, 3.05) is 30.5 Å². The van der Waals surface area contributed by atoms with Gasteiger partial charge in [-0.15, -0.1) is 0 Å². The summed E-state index contributed by atoms with van der Waals surface area (Å²) in [6, 6.07) is 11.3. The molecule has 0 aliphatic carbocycles. The van der Waals surface area contributed by atoms with Crippen molar-refractivity contribution in [1.82, 2.24) is 0 Å². The van der Waals surface area contributed by atoms with E-state index in [1.54, 1.807) is 31.4 Å². The average molecular weight is 432 g/mol. The zero-order chi connectivity index (χ0) is 21.9. The van der Waals surface area contributed by atoms with Gasteiger partial charge in [0, 0.05) is 18.7 Å². The van der Waals surface area contributed by atoms with Gasteiger partial charge in [0.1, 0.15) is 11.5 Å². The van der Waals surface area contributed by atoms with Crippen molar-refractivity contribution in [3.8, 4) is 11.5 Å². The SMILES string of the molecule is CCN(C(=O)C[C@H](C)S(=O)(=O)c1ccc2c(c1)NC(=O)CO2)c1ccc(OC)cc1. The number of carbonyl (C=O) groups excluding carboxylic acids is 2. The summed E-state index contributed by atoms with van der Waals surface area (Å²) >= 11 is 0. The fraction of sp³-hybridized carbons (Fsp3) is 0.333. The van der Waals surface area contributed by atoms with Gasteiger partial charge in [0.15, 0.2) is 16.4 Å². The molecular formula is C21H24N2O6S. The first-order valence-corrected chi connectivity index (χ1v) is 11.1. The van der Waals surface area contributed by atoms with Crippen molar-refractivity contribution in [2.24, 2.45) is 0 Å². The highest BCUT2D eigenvalue weighted by molar-refractivity contribution is 7.92. The van der Waals surface area contributed by atoms with Gasteiger partial charge in [0.25, 0.3) is 5.91 Å². The van der Waals surface area contributed by atoms with Crippen molar-refractivity contribution in [1.29, 1.82) is 0 Å². The molecule has 2 aromatic carbocycles. The highest BCUT2D eigenvalue weighted by Gasteiger charge is 2.29. The van der Waals surface area contributed by atoms with E-state index in [0.717, 1.165) is 0 Å². The topological polar surface area (TPSA) is 102 Å². The molecule has 1 heterocycles. The van der Waals surface area contributed by atoms with E-state index in [4.69, 9.17) is 9.47 Å².